The Morgan fingerprint density at radius 3 is 2.56 bits per heavy atom. The topological polar surface area (TPSA) is 94.2 Å². The summed E-state index contributed by atoms with van der Waals surface area (Å²) in [6.45, 7) is 5.53. The first kappa shape index (κ1) is 22.5. The van der Waals surface area contributed by atoms with Crippen LogP contribution in [-0.2, 0) is 0 Å². The molecule has 1 unspecified atom stereocenters. The molecule has 1 aliphatic heterocycles. The zero-order valence-corrected chi connectivity index (χ0v) is 19.8. The molecule has 1 atom stereocenters. The van der Waals surface area contributed by atoms with Gasteiger partial charge in [0.05, 0.1) is 20.9 Å². The second-order valence-electron chi connectivity index (χ2n) is 8.50. The molecule has 0 amide bonds. The van der Waals surface area contributed by atoms with Gasteiger partial charge in [0.2, 0.25) is 11.8 Å². The van der Waals surface area contributed by atoms with Crippen LogP contribution in [0, 0.1) is 6.92 Å². The normalized spacial score (nSPS) is 15.6. The average molecular weight is 481 g/mol. The number of ether oxygens (including phenoxy) is 1. The molecular weight excluding hydrogens is 452 g/mol. The molecule has 3 heterocycles. The molecule has 0 spiro atoms. The number of aliphatic hydroxyl groups is 1. The van der Waals surface area contributed by atoms with Crippen LogP contribution >= 0.6 is 11.3 Å². The summed E-state index contributed by atoms with van der Waals surface area (Å²) in [6, 6.07) is 16.7. The maximum Gasteiger partial charge on any atom is 0.223 e. The summed E-state index contributed by atoms with van der Waals surface area (Å²) in [7, 11) is 0. The molecule has 0 aliphatic carbocycles. The van der Waals surface area contributed by atoms with Crippen molar-refractivity contribution in [3.8, 4) is 23.2 Å². The highest BCUT2D eigenvalue weighted by Crippen LogP contribution is 2.38. The van der Waals surface area contributed by atoms with E-state index in [2.05, 4.69) is 14.8 Å². The first-order chi connectivity index (χ1) is 16.5. The number of β-amino-alcohol motifs (C(OH)–C–C–N with tert-alkyl or cyclic N) is 1. The third kappa shape index (κ3) is 4.68. The number of piperazine rings is 1. The van der Waals surface area contributed by atoms with Crippen molar-refractivity contribution >= 4 is 27.2 Å². The summed E-state index contributed by atoms with van der Waals surface area (Å²) in [6.07, 6.45) is -0.615. The molecule has 2 aromatic carbocycles. The number of hydrogen-bond acceptors (Lipinski definition) is 8. The van der Waals surface area contributed by atoms with Crippen LogP contribution in [0.2, 0.25) is 0 Å². The van der Waals surface area contributed by atoms with Gasteiger partial charge in [-0.1, -0.05) is 18.2 Å². The van der Waals surface area contributed by atoms with Crippen molar-refractivity contribution < 1.29 is 20.1 Å². The van der Waals surface area contributed by atoms with Crippen molar-refractivity contribution in [2.75, 3.05) is 44.2 Å². The van der Waals surface area contributed by atoms with Crippen molar-refractivity contribution in [3.05, 3.63) is 59.6 Å². The van der Waals surface area contributed by atoms with E-state index in [-0.39, 0.29) is 18.4 Å². The minimum absolute atomic E-state index is 0.000277. The van der Waals surface area contributed by atoms with Crippen molar-refractivity contribution in [2.24, 2.45) is 0 Å². The lowest BCUT2D eigenvalue weighted by Gasteiger charge is -2.36. The molecule has 1 saturated heterocycles. The Balaban J connectivity index is 1.14. The van der Waals surface area contributed by atoms with Crippen LogP contribution in [-0.4, -0.2) is 75.2 Å². The summed E-state index contributed by atoms with van der Waals surface area (Å²) in [5, 5.41) is 32.7. The SMILES string of the molecule is Cc1nc2cc(OCC(O)CN3CCN(c4cc(O)n(-c5ccccc5)c4O)CC3)ccc2s1. The van der Waals surface area contributed by atoms with Gasteiger partial charge in [0, 0.05) is 44.9 Å². The molecular formula is C25H28N4O4S. The molecule has 2 aromatic heterocycles. The van der Waals surface area contributed by atoms with Crippen LogP contribution in [0.5, 0.6) is 17.5 Å². The van der Waals surface area contributed by atoms with Crippen LogP contribution in [0.25, 0.3) is 15.9 Å². The van der Waals surface area contributed by atoms with Gasteiger partial charge in [-0.3, -0.25) is 4.90 Å². The van der Waals surface area contributed by atoms with E-state index < -0.39 is 6.10 Å². The van der Waals surface area contributed by atoms with E-state index in [9.17, 15) is 15.3 Å². The Morgan fingerprint density at radius 1 is 1.03 bits per heavy atom. The second-order valence-corrected chi connectivity index (χ2v) is 9.73. The van der Waals surface area contributed by atoms with Crippen molar-refractivity contribution in [1.82, 2.24) is 14.5 Å². The van der Waals surface area contributed by atoms with Crippen molar-refractivity contribution in [2.45, 2.75) is 13.0 Å². The number of hydrogen-bond donors (Lipinski definition) is 3. The van der Waals surface area contributed by atoms with Gasteiger partial charge in [-0.25, -0.2) is 9.55 Å². The Hall–Kier alpha value is -3.27. The molecule has 4 aromatic rings. The van der Waals surface area contributed by atoms with Crippen LogP contribution < -0.4 is 9.64 Å². The molecule has 5 rings (SSSR count). The van der Waals surface area contributed by atoms with E-state index in [0.717, 1.165) is 28.3 Å². The number of rotatable bonds is 7. The summed E-state index contributed by atoms with van der Waals surface area (Å²) in [5.74, 6) is 0.734. The molecule has 0 bridgehead atoms. The maximum absolute atomic E-state index is 10.8. The van der Waals surface area contributed by atoms with Crippen LogP contribution in [0.3, 0.4) is 0 Å². The summed E-state index contributed by atoms with van der Waals surface area (Å²) in [4.78, 5) is 8.72. The number of benzene rings is 2. The standard InChI is InChI=1S/C25H28N4O4S/c1-17-26-21-13-20(7-8-23(21)34-17)33-16-19(30)15-27-9-11-28(12-10-27)22-14-24(31)29(25(22)32)18-5-3-2-4-6-18/h2-8,13-14,19,30-32H,9-12,15-16H2,1H3. The van der Waals surface area contributed by atoms with E-state index in [1.807, 2.05) is 55.5 Å². The van der Waals surface area contributed by atoms with E-state index >= 15 is 0 Å². The number of aromatic nitrogens is 2. The van der Waals surface area contributed by atoms with Crippen LogP contribution in [0.1, 0.15) is 5.01 Å². The number of aryl methyl sites for hydroxylation is 1. The van der Waals surface area contributed by atoms with Gasteiger partial charge in [0.1, 0.15) is 24.1 Å². The highest BCUT2D eigenvalue weighted by atomic mass is 32.1. The fourth-order valence-electron chi connectivity index (χ4n) is 4.37. The minimum atomic E-state index is -0.615. The van der Waals surface area contributed by atoms with E-state index in [4.69, 9.17) is 4.74 Å². The van der Waals surface area contributed by atoms with Gasteiger partial charge in [-0.2, -0.15) is 0 Å². The van der Waals surface area contributed by atoms with Crippen LogP contribution in [0.4, 0.5) is 5.69 Å². The zero-order chi connectivity index (χ0) is 23.7. The Kier molecular flexibility index (Phi) is 6.32. The van der Waals surface area contributed by atoms with E-state index in [1.54, 1.807) is 17.4 Å². The fourth-order valence-corrected chi connectivity index (χ4v) is 5.17. The quantitative estimate of drug-likeness (QED) is 0.373. The predicted molar refractivity (Wildman–Crippen MR) is 134 cm³/mol. The van der Waals surface area contributed by atoms with Gasteiger partial charge in [0.25, 0.3) is 0 Å². The van der Waals surface area contributed by atoms with Gasteiger partial charge < -0.3 is 25.0 Å². The Labute approximate surface area is 201 Å². The fraction of sp³-hybridized carbons (Fsp3) is 0.320. The zero-order valence-electron chi connectivity index (χ0n) is 19.0. The van der Waals surface area contributed by atoms with Gasteiger partial charge in [-0.15, -0.1) is 11.3 Å². The lowest BCUT2D eigenvalue weighted by Crippen LogP contribution is -2.49. The molecule has 1 aliphatic rings. The molecule has 34 heavy (non-hydrogen) atoms. The summed E-state index contributed by atoms with van der Waals surface area (Å²) in [5.41, 5.74) is 2.23. The number of aliphatic hydroxyl groups excluding tert-OH is 1. The first-order valence-corrected chi connectivity index (χ1v) is 12.1. The summed E-state index contributed by atoms with van der Waals surface area (Å²) >= 11 is 1.65. The molecule has 8 nitrogen and oxygen atoms in total. The van der Waals surface area contributed by atoms with Gasteiger partial charge in [0.15, 0.2) is 0 Å². The van der Waals surface area contributed by atoms with E-state index in [0.29, 0.717) is 36.8 Å². The highest BCUT2D eigenvalue weighted by molar-refractivity contribution is 7.18. The smallest absolute Gasteiger partial charge is 0.223 e. The second kappa shape index (κ2) is 9.54. The Morgan fingerprint density at radius 2 is 1.79 bits per heavy atom. The number of fused-ring (bicyclic) bond motifs is 1. The van der Waals surface area contributed by atoms with Crippen LogP contribution in [0.15, 0.2) is 54.6 Å². The molecule has 0 saturated carbocycles. The van der Waals surface area contributed by atoms with Gasteiger partial charge >= 0.3 is 0 Å². The number of anilines is 1. The third-order valence-corrected chi connectivity index (χ3v) is 6.99. The largest absolute Gasteiger partial charge is 0.494 e. The average Bonchev–Trinajstić information content (AvgIpc) is 3.36. The number of nitrogens with zero attached hydrogens (tertiary/aromatic N) is 4. The predicted octanol–water partition coefficient (Wildman–Crippen LogP) is 3.37. The van der Waals surface area contributed by atoms with Gasteiger partial charge in [-0.05, 0) is 31.2 Å². The molecule has 0 radical (unpaired) electrons. The first-order valence-electron chi connectivity index (χ1n) is 11.3. The Bertz CT molecular complexity index is 1260. The number of para-hydroxylation sites is 1. The summed E-state index contributed by atoms with van der Waals surface area (Å²) < 4.78 is 8.37. The van der Waals surface area contributed by atoms with Crippen molar-refractivity contribution in [3.63, 3.8) is 0 Å². The molecule has 3 N–H and O–H groups in total. The molecule has 1 fully saturated rings. The lowest BCUT2D eigenvalue weighted by molar-refractivity contribution is 0.0663. The minimum Gasteiger partial charge on any atom is -0.494 e. The third-order valence-electron chi connectivity index (χ3n) is 6.04. The lowest BCUT2D eigenvalue weighted by atomic mass is 10.2. The van der Waals surface area contributed by atoms with E-state index in [1.165, 1.54) is 4.57 Å². The maximum atomic E-state index is 10.8. The number of thiazole rings is 1. The molecule has 178 valence electrons. The molecule has 9 heteroatoms. The number of aromatic hydroxyl groups is 2. The van der Waals surface area contributed by atoms with Crippen molar-refractivity contribution in [1.29, 1.82) is 0 Å². The monoisotopic (exact) mass is 480 g/mol. The highest BCUT2D eigenvalue weighted by Gasteiger charge is 2.25.